The average Bonchev–Trinajstić information content (AvgIpc) is 3.16. The van der Waals surface area contributed by atoms with E-state index in [1.54, 1.807) is 18.3 Å². The lowest BCUT2D eigenvalue weighted by atomic mass is 10.3. The van der Waals surface area contributed by atoms with Gasteiger partial charge in [0.25, 0.3) is 0 Å². The van der Waals surface area contributed by atoms with Gasteiger partial charge in [-0.2, -0.15) is 4.98 Å². The molecule has 0 bridgehead atoms. The van der Waals surface area contributed by atoms with E-state index < -0.39 is 5.76 Å². The molecule has 0 aromatic carbocycles. The van der Waals surface area contributed by atoms with Crippen LogP contribution in [0, 0.1) is 0 Å². The highest BCUT2D eigenvalue weighted by Gasteiger charge is 2.29. The molecule has 3 heterocycles. The van der Waals surface area contributed by atoms with Crippen LogP contribution in [-0.4, -0.2) is 24.8 Å². The average molecular weight is 285 g/mol. The first kappa shape index (κ1) is 12.0. The molecule has 106 valence electrons. The lowest BCUT2D eigenvalue weighted by Crippen LogP contribution is -2.17. The molecule has 0 aliphatic heterocycles. The Labute approximate surface area is 118 Å². The molecular weight excluding hydrogens is 274 g/mol. The van der Waals surface area contributed by atoms with Gasteiger partial charge in [-0.3, -0.25) is 9.51 Å². The van der Waals surface area contributed by atoms with Crippen molar-refractivity contribution in [2.24, 2.45) is 0 Å². The molecule has 0 spiro atoms. The van der Waals surface area contributed by atoms with Crippen molar-refractivity contribution in [3.8, 4) is 11.5 Å². The Kier molecular flexibility index (Phi) is 2.66. The van der Waals surface area contributed by atoms with Gasteiger partial charge in [0.05, 0.1) is 6.54 Å². The van der Waals surface area contributed by atoms with Gasteiger partial charge in [-0.25, -0.2) is 9.36 Å². The van der Waals surface area contributed by atoms with Gasteiger partial charge in [-0.05, 0) is 25.0 Å². The molecule has 0 N–H and O–H groups in total. The first-order chi connectivity index (χ1) is 10.3. The quantitative estimate of drug-likeness (QED) is 0.710. The molecule has 0 saturated heterocycles. The van der Waals surface area contributed by atoms with E-state index in [1.807, 2.05) is 6.07 Å². The van der Waals surface area contributed by atoms with Crippen molar-refractivity contribution in [3.63, 3.8) is 0 Å². The van der Waals surface area contributed by atoms with Crippen molar-refractivity contribution in [1.29, 1.82) is 0 Å². The summed E-state index contributed by atoms with van der Waals surface area (Å²) in [7, 11) is 0. The van der Waals surface area contributed by atoms with Crippen molar-refractivity contribution in [2.45, 2.75) is 25.3 Å². The maximum atomic E-state index is 11.8. The summed E-state index contributed by atoms with van der Waals surface area (Å²) in [6.07, 6.45) is 3.78. The predicted molar refractivity (Wildman–Crippen MR) is 69.4 cm³/mol. The molecule has 21 heavy (non-hydrogen) atoms. The Morgan fingerprint density at radius 2 is 2.14 bits per heavy atom. The minimum absolute atomic E-state index is 0.143. The number of hydrogen-bond acceptors (Lipinski definition) is 7. The summed E-state index contributed by atoms with van der Waals surface area (Å²) in [5, 5.41) is 7.66. The van der Waals surface area contributed by atoms with Crippen LogP contribution in [0.4, 0.5) is 0 Å². The van der Waals surface area contributed by atoms with Crippen LogP contribution in [-0.2, 0) is 6.54 Å². The molecule has 1 aliphatic rings. The SMILES string of the molecule is O=c1onc(-c2ccccn2)n1Cc1noc(C2CC2)n1. The lowest BCUT2D eigenvalue weighted by Gasteiger charge is -2.00. The lowest BCUT2D eigenvalue weighted by molar-refractivity contribution is 0.367. The van der Waals surface area contributed by atoms with E-state index in [4.69, 9.17) is 9.05 Å². The van der Waals surface area contributed by atoms with Gasteiger partial charge in [-0.1, -0.05) is 16.4 Å². The number of hydrogen-bond donors (Lipinski definition) is 0. The molecule has 0 amide bonds. The van der Waals surface area contributed by atoms with Gasteiger partial charge < -0.3 is 4.52 Å². The van der Waals surface area contributed by atoms with E-state index in [0.717, 1.165) is 12.8 Å². The van der Waals surface area contributed by atoms with Crippen LogP contribution in [0.25, 0.3) is 11.5 Å². The molecule has 0 radical (unpaired) electrons. The van der Waals surface area contributed by atoms with Crippen LogP contribution < -0.4 is 5.76 Å². The zero-order valence-corrected chi connectivity index (χ0v) is 11.0. The van der Waals surface area contributed by atoms with Gasteiger partial charge in [-0.15, -0.1) is 0 Å². The summed E-state index contributed by atoms with van der Waals surface area (Å²) in [5.41, 5.74) is 0.550. The third-order valence-corrected chi connectivity index (χ3v) is 3.29. The minimum atomic E-state index is -0.576. The van der Waals surface area contributed by atoms with Crippen molar-refractivity contribution in [3.05, 3.63) is 46.7 Å². The van der Waals surface area contributed by atoms with E-state index in [-0.39, 0.29) is 6.54 Å². The van der Waals surface area contributed by atoms with Gasteiger partial charge in [0, 0.05) is 12.1 Å². The maximum absolute atomic E-state index is 11.8. The van der Waals surface area contributed by atoms with Crippen LogP contribution in [0.1, 0.15) is 30.5 Å². The second-order valence-corrected chi connectivity index (χ2v) is 4.90. The van der Waals surface area contributed by atoms with E-state index in [2.05, 4.69) is 20.3 Å². The fraction of sp³-hybridized carbons (Fsp3) is 0.308. The molecule has 0 atom stereocenters. The summed E-state index contributed by atoms with van der Waals surface area (Å²) in [4.78, 5) is 20.2. The Bertz CT molecular complexity index is 816. The molecule has 1 saturated carbocycles. The summed E-state index contributed by atoms with van der Waals surface area (Å²) in [6, 6.07) is 5.35. The van der Waals surface area contributed by atoms with Gasteiger partial charge >= 0.3 is 5.76 Å². The van der Waals surface area contributed by atoms with Gasteiger partial charge in [0.2, 0.25) is 11.7 Å². The smallest absolute Gasteiger partial charge is 0.339 e. The Morgan fingerprint density at radius 1 is 1.24 bits per heavy atom. The van der Waals surface area contributed by atoms with Gasteiger partial charge in [0.1, 0.15) is 5.69 Å². The van der Waals surface area contributed by atoms with Crippen molar-refractivity contribution >= 4 is 0 Å². The van der Waals surface area contributed by atoms with Crippen molar-refractivity contribution in [1.82, 2.24) is 24.8 Å². The topological polar surface area (TPSA) is 99.8 Å². The largest absolute Gasteiger partial charge is 0.442 e. The van der Waals surface area contributed by atoms with Crippen LogP contribution in [0.3, 0.4) is 0 Å². The number of rotatable bonds is 4. The summed E-state index contributed by atoms with van der Waals surface area (Å²) in [5.74, 6) is 1.21. The van der Waals surface area contributed by atoms with Crippen LogP contribution in [0.2, 0.25) is 0 Å². The maximum Gasteiger partial charge on any atom is 0.442 e. The monoisotopic (exact) mass is 285 g/mol. The van der Waals surface area contributed by atoms with Crippen LogP contribution >= 0.6 is 0 Å². The molecule has 1 fully saturated rings. The molecule has 8 heteroatoms. The summed E-state index contributed by atoms with van der Waals surface area (Å²) >= 11 is 0. The normalized spacial score (nSPS) is 14.5. The zero-order chi connectivity index (χ0) is 14.2. The van der Waals surface area contributed by atoms with Crippen molar-refractivity contribution < 1.29 is 9.05 Å². The highest BCUT2D eigenvalue weighted by molar-refractivity contribution is 5.47. The Hall–Kier alpha value is -2.77. The molecule has 8 nitrogen and oxygen atoms in total. The fourth-order valence-electron chi connectivity index (χ4n) is 2.06. The molecule has 0 unspecified atom stereocenters. The standard InChI is InChI=1S/C13H11N5O3/c19-13-18(7-10-15-12(20-16-10)8-4-5-8)11(17-21-13)9-3-1-2-6-14-9/h1-3,6,8H,4-5,7H2. The number of pyridine rings is 1. The molecule has 4 rings (SSSR count). The second kappa shape index (κ2) is 4.65. The fourth-order valence-corrected chi connectivity index (χ4v) is 2.06. The third-order valence-electron chi connectivity index (χ3n) is 3.29. The molecular formula is C13H11N5O3. The highest BCUT2D eigenvalue weighted by Crippen LogP contribution is 2.38. The van der Waals surface area contributed by atoms with E-state index >= 15 is 0 Å². The Balaban J connectivity index is 1.68. The zero-order valence-electron chi connectivity index (χ0n) is 11.0. The second-order valence-electron chi connectivity index (χ2n) is 4.90. The molecule has 3 aromatic heterocycles. The summed E-state index contributed by atoms with van der Waals surface area (Å²) < 4.78 is 11.2. The number of aromatic nitrogens is 5. The first-order valence-electron chi connectivity index (χ1n) is 6.61. The minimum Gasteiger partial charge on any atom is -0.339 e. The van der Waals surface area contributed by atoms with E-state index in [9.17, 15) is 4.79 Å². The first-order valence-corrected chi connectivity index (χ1v) is 6.61. The summed E-state index contributed by atoms with van der Waals surface area (Å²) in [6.45, 7) is 0.143. The van der Waals surface area contributed by atoms with Crippen LogP contribution in [0.5, 0.6) is 0 Å². The Morgan fingerprint density at radius 3 is 2.90 bits per heavy atom. The molecule has 1 aliphatic carbocycles. The van der Waals surface area contributed by atoms with Gasteiger partial charge in [0.15, 0.2) is 5.82 Å². The van der Waals surface area contributed by atoms with E-state index in [1.165, 1.54) is 4.57 Å². The van der Waals surface area contributed by atoms with E-state index in [0.29, 0.717) is 29.2 Å². The third kappa shape index (κ3) is 2.24. The predicted octanol–water partition coefficient (Wildman–Crippen LogP) is 1.21. The van der Waals surface area contributed by atoms with Crippen molar-refractivity contribution in [2.75, 3.05) is 0 Å². The van der Waals surface area contributed by atoms with Crippen LogP contribution in [0.15, 0.2) is 38.2 Å². The highest BCUT2D eigenvalue weighted by atomic mass is 16.5. The number of nitrogens with zero attached hydrogens (tertiary/aromatic N) is 5. The molecule has 3 aromatic rings.